The van der Waals surface area contributed by atoms with Gasteiger partial charge >= 0.3 is 0 Å². The highest BCUT2D eigenvalue weighted by atomic mass is 16.5. The van der Waals surface area contributed by atoms with Crippen molar-refractivity contribution in [3.8, 4) is 16.9 Å². The molecule has 2 aromatic carbocycles. The number of benzene rings is 2. The zero-order chi connectivity index (χ0) is 13.7. The molecular weight excluding hydrogens is 236 g/mol. The Kier molecular flexibility index (Phi) is 4.42. The molecule has 0 bridgehead atoms. The van der Waals surface area contributed by atoms with E-state index in [1.165, 1.54) is 0 Å². The summed E-state index contributed by atoms with van der Waals surface area (Å²) < 4.78 is 5.67. The SMILES string of the molecule is CN(C)CCOc1ccc(-c2cccc(N)c2)cc1. The van der Waals surface area contributed by atoms with E-state index in [0.717, 1.165) is 29.1 Å². The molecule has 0 amide bonds. The standard InChI is InChI=1S/C16H20N2O/c1-18(2)10-11-19-16-8-6-13(7-9-16)14-4-3-5-15(17)12-14/h3-9,12H,10-11,17H2,1-2H3. The summed E-state index contributed by atoms with van der Waals surface area (Å²) in [6, 6.07) is 16.0. The molecule has 0 unspecified atom stereocenters. The van der Waals surface area contributed by atoms with Gasteiger partial charge in [-0.3, -0.25) is 0 Å². The van der Waals surface area contributed by atoms with Gasteiger partial charge in [0, 0.05) is 12.2 Å². The number of hydrogen-bond donors (Lipinski definition) is 1. The van der Waals surface area contributed by atoms with Crippen molar-refractivity contribution in [3.63, 3.8) is 0 Å². The molecule has 100 valence electrons. The first kappa shape index (κ1) is 13.4. The van der Waals surface area contributed by atoms with Crippen molar-refractivity contribution in [2.75, 3.05) is 33.0 Å². The van der Waals surface area contributed by atoms with Crippen LogP contribution in [0.25, 0.3) is 11.1 Å². The normalized spacial score (nSPS) is 10.7. The molecule has 2 rings (SSSR count). The minimum Gasteiger partial charge on any atom is -0.492 e. The van der Waals surface area contributed by atoms with E-state index in [1.807, 2.05) is 44.4 Å². The Hall–Kier alpha value is -2.00. The van der Waals surface area contributed by atoms with Crippen LogP contribution in [0, 0.1) is 0 Å². The van der Waals surface area contributed by atoms with Gasteiger partial charge in [-0.15, -0.1) is 0 Å². The zero-order valence-electron chi connectivity index (χ0n) is 11.5. The van der Waals surface area contributed by atoms with Gasteiger partial charge in [-0.2, -0.15) is 0 Å². The molecule has 3 heteroatoms. The molecule has 0 aliphatic rings. The fraction of sp³-hybridized carbons (Fsp3) is 0.250. The number of rotatable bonds is 5. The molecule has 2 N–H and O–H groups in total. The number of nitrogens with two attached hydrogens (primary N) is 1. The Morgan fingerprint density at radius 3 is 2.37 bits per heavy atom. The Balaban J connectivity index is 2.02. The van der Waals surface area contributed by atoms with E-state index < -0.39 is 0 Å². The lowest BCUT2D eigenvalue weighted by molar-refractivity contribution is 0.261. The number of nitrogen functional groups attached to an aromatic ring is 1. The van der Waals surface area contributed by atoms with E-state index in [4.69, 9.17) is 10.5 Å². The molecule has 19 heavy (non-hydrogen) atoms. The van der Waals surface area contributed by atoms with Crippen molar-refractivity contribution in [1.29, 1.82) is 0 Å². The largest absolute Gasteiger partial charge is 0.492 e. The van der Waals surface area contributed by atoms with E-state index in [9.17, 15) is 0 Å². The summed E-state index contributed by atoms with van der Waals surface area (Å²) in [7, 11) is 4.07. The van der Waals surface area contributed by atoms with Gasteiger partial charge in [0.1, 0.15) is 12.4 Å². The summed E-state index contributed by atoms with van der Waals surface area (Å²) >= 11 is 0. The Morgan fingerprint density at radius 2 is 1.74 bits per heavy atom. The molecule has 0 fully saturated rings. The monoisotopic (exact) mass is 256 g/mol. The molecular formula is C16H20N2O. The number of nitrogens with zero attached hydrogens (tertiary/aromatic N) is 1. The molecule has 0 aliphatic heterocycles. The molecule has 0 atom stereocenters. The van der Waals surface area contributed by atoms with Crippen molar-refractivity contribution < 1.29 is 4.74 Å². The van der Waals surface area contributed by atoms with Crippen molar-refractivity contribution in [2.24, 2.45) is 0 Å². The molecule has 0 aromatic heterocycles. The average Bonchev–Trinajstić information content (AvgIpc) is 2.39. The number of ether oxygens (including phenoxy) is 1. The zero-order valence-corrected chi connectivity index (χ0v) is 11.5. The predicted molar refractivity (Wildman–Crippen MR) is 80.3 cm³/mol. The van der Waals surface area contributed by atoms with Crippen LogP contribution in [0.15, 0.2) is 48.5 Å². The Bertz CT molecular complexity index is 521. The summed E-state index contributed by atoms with van der Waals surface area (Å²) in [5.74, 6) is 0.898. The maximum atomic E-state index is 5.79. The molecule has 0 spiro atoms. The minimum absolute atomic E-state index is 0.699. The molecule has 0 radical (unpaired) electrons. The second-order valence-electron chi connectivity index (χ2n) is 4.80. The maximum absolute atomic E-state index is 5.79. The van der Waals surface area contributed by atoms with Crippen LogP contribution in [0.1, 0.15) is 0 Å². The van der Waals surface area contributed by atoms with Crippen LogP contribution in [0.3, 0.4) is 0 Å². The fourth-order valence-electron chi connectivity index (χ4n) is 1.81. The highest BCUT2D eigenvalue weighted by Gasteiger charge is 1.99. The van der Waals surface area contributed by atoms with Gasteiger partial charge < -0.3 is 15.4 Å². The third-order valence-corrected chi connectivity index (χ3v) is 2.88. The molecule has 0 aliphatic carbocycles. The fourth-order valence-corrected chi connectivity index (χ4v) is 1.81. The third-order valence-electron chi connectivity index (χ3n) is 2.88. The molecule has 0 heterocycles. The van der Waals surface area contributed by atoms with E-state index in [1.54, 1.807) is 0 Å². The molecule has 0 saturated carbocycles. The third kappa shape index (κ3) is 4.00. The topological polar surface area (TPSA) is 38.5 Å². The van der Waals surface area contributed by atoms with E-state index in [2.05, 4.69) is 23.1 Å². The lowest BCUT2D eigenvalue weighted by Crippen LogP contribution is -2.19. The van der Waals surface area contributed by atoms with Gasteiger partial charge in [-0.05, 0) is 49.5 Å². The summed E-state index contributed by atoms with van der Waals surface area (Å²) in [4.78, 5) is 2.10. The highest BCUT2D eigenvalue weighted by Crippen LogP contribution is 2.23. The van der Waals surface area contributed by atoms with Gasteiger partial charge in [0.15, 0.2) is 0 Å². The average molecular weight is 256 g/mol. The van der Waals surface area contributed by atoms with Gasteiger partial charge in [0.2, 0.25) is 0 Å². The first-order valence-corrected chi connectivity index (χ1v) is 6.38. The van der Waals surface area contributed by atoms with E-state index in [0.29, 0.717) is 6.61 Å². The van der Waals surface area contributed by atoms with Crippen LogP contribution in [-0.4, -0.2) is 32.1 Å². The van der Waals surface area contributed by atoms with Crippen molar-refractivity contribution in [2.45, 2.75) is 0 Å². The summed E-state index contributed by atoms with van der Waals surface area (Å²) in [5, 5.41) is 0. The van der Waals surface area contributed by atoms with Crippen LogP contribution < -0.4 is 10.5 Å². The molecule has 2 aromatic rings. The quantitative estimate of drug-likeness (QED) is 0.836. The summed E-state index contributed by atoms with van der Waals surface area (Å²) in [6.07, 6.45) is 0. The van der Waals surface area contributed by atoms with Crippen LogP contribution in [-0.2, 0) is 0 Å². The highest BCUT2D eigenvalue weighted by molar-refractivity contribution is 5.67. The van der Waals surface area contributed by atoms with Crippen molar-refractivity contribution in [1.82, 2.24) is 4.90 Å². The van der Waals surface area contributed by atoms with Gasteiger partial charge in [0.05, 0.1) is 0 Å². The van der Waals surface area contributed by atoms with Crippen LogP contribution in [0.2, 0.25) is 0 Å². The first-order chi connectivity index (χ1) is 9.15. The van der Waals surface area contributed by atoms with Crippen LogP contribution in [0.4, 0.5) is 5.69 Å². The van der Waals surface area contributed by atoms with Gasteiger partial charge in [-0.1, -0.05) is 24.3 Å². The lowest BCUT2D eigenvalue weighted by atomic mass is 10.1. The number of likely N-dealkylation sites (N-methyl/N-ethyl adjacent to an activating group) is 1. The van der Waals surface area contributed by atoms with Crippen molar-refractivity contribution in [3.05, 3.63) is 48.5 Å². The second-order valence-corrected chi connectivity index (χ2v) is 4.80. The van der Waals surface area contributed by atoms with E-state index in [-0.39, 0.29) is 0 Å². The Labute approximate surface area is 114 Å². The smallest absolute Gasteiger partial charge is 0.119 e. The van der Waals surface area contributed by atoms with Crippen LogP contribution >= 0.6 is 0 Å². The first-order valence-electron chi connectivity index (χ1n) is 6.38. The van der Waals surface area contributed by atoms with Crippen LogP contribution in [0.5, 0.6) is 5.75 Å². The second kappa shape index (κ2) is 6.25. The van der Waals surface area contributed by atoms with Gasteiger partial charge in [0.25, 0.3) is 0 Å². The molecule has 3 nitrogen and oxygen atoms in total. The lowest BCUT2D eigenvalue weighted by Gasteiger charge is -2.11. The minimum atomic E-state index is 0.699. The summed E-state index contributed by atoms with van der Waals surface area (Å²) in [5.41, 5.74) is 8.84. The number of anilines is 1. The van der Waals surface area contributed by atoms with Gasteiger partial charge in [-0.25, -0.2) is 0 Å². The molecule has 0 saturated heterocycles. The summed E-state index contributed by atoms with van der Waals surface area (Å²) in [6.45, 7) is 1.61. The Morgan fingerprint density at radius 1 is 1.00 bits per heavy atom. The maximum Gasteiger partial charge on any atom is 0.119 e. The number of hydrogen-bond acceptors (Lipinski definition) is 3. The van der Waals surface area contributed by atoms with E-state index >= 15 is 0 Å². The predicted octanol–water partition coefficient (Wildman–Crippen LogP) is 2.88. The van der Waals surface area contributed by atoms with Crippen molar-refractivity contribution >= 4 is 5.69 Å².